The molecule has 3 nitrogen and oxygen atoms in total. The first-order valence-corrected chi connectivity index (χ1v) is 5.36. The maximum absolute atomic E-state index is 11.9. The van der Waals surface area contributed by atoms with Gasteiger partial charge in [-0.2, -0.15) is 18.7 Å². The predicted octanol–water partition coefficient (Wildman–Crippen LogP) is 3.73. The second kappa shape index (κ2) is 6.31. The van der Waals surface area contributed by atoms with E-state index in [0.717, 1.165) is 12.1 Å². The average molecular weight is 303 g/mol. The Morgan fingerprint density at radius 1 is 1.05 bits per heavy atom. The molecule has 0 aromatic heterocycles. The topological polar surface area (TPSA) is 30.5 Å². The van der Waals surface area contributed by atoms with Crippen molar-refractivity contribution < 1.29 is 35.9 Å². The van der Waals surface area contributed by atoms with E-state index < -0.39 is 30.9 Å². The van der Waals surface area contributed by atoms with Crippen LogP contribution in [0.25, 0.3) is 0 Å². The number of hydroxylamine groups is 1. The number of nitrogens with one attached hydrogen (secondary N) is 1. The van der Waals surface area contributed by atoms with Crippen molar-refractivity contribution in [1.29, 1.82) is 0 Å². The van der Waals surface area contributed by atoms with Gasteiger partial charge in [0.2, 0.25) is 0 Å². The number of ether oxygens (including phenoxy) is 1. The molecule has 9 heteroatoms. The van der Waals surface area contributed by atoms with Gasteiger partial charge in [0, 0.05) is 0 Å². The lowest BCUT2D eigenvalue weighted by molar-refractivity contribution is -0.274. The minimum Gasteiger partial charge on any atom is -0.406 e. The largest absolute Gasteiger partial charge is 0.573 e. The van der Waals surface area contributed by atoms with Crippen LogP contribution in [0.3, 0.4) is 0 Å². The minimum atomic E-state index is -4.79. The van der Waals surface area contributed by atoms with E-state index in [2.05, 4.69) is 15.1 Å². The fourth-order valence-electron chi connectivity index (χ4n) is 1.27. The lowest BCUT2D eigenvalue weighted by atomic mass is 10.1. The summed E-state index contributed by atoms with van der Waals surface area (Å²) in [5.74, 6) is -0.412. The monoisotopic (exact) mass is 303 g/mol. The van der Waals surface area contributed by atoms with Crippen LogP contribution in [0.15, 0.2) is 24.3 Å². The number of benzene rings is 1. The summed E-state index contributed by atoms with van der Waals surface area (Å²) in [6, 6.07) is 4.07. The van der Waals surface area contributed by atoms with Crippen molar-refractivity contribution in [3.8, 4) is 5.75 Å². The quantitative estimate of drug-likeness (QED) is 0.664. The van der Waals surface area contributed by atoms with Gasteiger partial charge in [0.1, 0.15) is 5.75 Å². The summed E-state index contributed by atoms with van der Waals surface area (Å²) in [5.41, 5.74) is 2.59. The Kier molecular flexibility index (Phi) is 5.23. The Morgan fingerprint density at radius 3 is 2.05 bits per heavy atom. The van der Waals surface area contributed by atoms with E-state index in [1.165, 1.54) is 19.1 Å². The summed E-state index contributed by atoms with van der Waals surface area (Å²) in [6.07, 6.45) is -9.25. The molecule has 0 saturated carbocycles. The molecule has 1 N–H and O–H groups in total. The Morgan fingerprint density at radius 2 is 1.60 bits per heavy atom. The van der Waals surface area contributed by atoms with E-state index in [4.69, 9.17) is 0 Å². The molecule has 1 rings (SSSR count). The summed E-state index contributed by atoms with van der Waals surface area (Å²) >= 11 is 0. The van der Waals surface area contributed by atoms with Crippen molar-refractivity contribution in [3.63, 3.8) is 0 Å². The van der Waals surface area contributed by atoms with Crippen LogP contribution in [0.2, 0.25) is 0 Å². The summed E-state index contributed by atoms with van der Waals surface area (Å²) in [7, 11) is 0. The maximum atomic E-state index is 11.9. The third kappa shape index (κ3) is 6.62. The van der Waals surface area contributed by atoms with Crippen molar-refractivity contribution in [2.45, 2.75) is 25.5 Å². The number of alkyl halides is 6. The smallest absolute Gasteiger partial charge is 0.406 e. The zero-order valence-corrected chi connectivity index (χ0v) is 10.2. The van der Waals surface area contributed by atoms with Gasteiger partial charge in [-0.05, 0) is 24.6 Å². The Hall–Kier alpha value is -1.48. The summed E-state index contributed by atoms with van der Waals surface area (Å²) in [4.78, 5) is 4.24. The van der Waals surface area contributed by atoms with Gasteiger partial charge in [0.25, 0.3) is 0 Å². The van der Waals surface area contributed by atoms with Crippen LogP contribution >= 0.6 is 0 Å². The van der Waals surface area contributed by atoms with E-state index in [0.29, 0.717) is 5.56 Å². The zero-order chi connectivity index (χ0) is 15.4. The van der Waals surface area contributed by atoms with Gasteiger partial charge in [0.15, 0.2) is 6.61 Å². The van der Waals surface area contributed by atoms with Crippen LogP contribution in [0.4, 0.5) is 26.3 Å². The molecule has 0 aliphatic rings. The van der Waals surface area contributed by atoms with Crippen LogP contribution in [0.1, 0.15) is 18.5 Å². The Bertz CT molecular complexity index is 414. The molecule has 0 fully saturated rings. The molecule has 20 heavy (non-hydrogen) atoms. The first-order valence-electron chi connectivity index (χ1n) is 5.36. The third-order valence-corrected chi connectivity index (χ3v) is 2.11. The molecule has 0 radical (unpaired) electrons. The van der Waals surface area contributed by atoms with Crippen molar-refractivity contribution in [1.82, 2.24) is 5.48 Å². The van der Waals surface area contributed by atoms with Gasteiger partial charge in [0.05, 0.1) is 6.04 Å². The molecule has 1 aromatic rings. The molecule has 0 amide bonds. The average Bonchev–Trinajstić information content (AvgIpc) is 2.25. The predicted molar refractivity (Wildman–Crippen MR) is 56.7 cm³/mol. The van der Waals surface area contributed by atoms with Crippen LogP contribution in [-0.2, 0) is 4.84 Å². The van der Waals surface area contributed by atoms with E-state index in [1.54, 1.807) is 0 Å². The number of rotatable bonds is 5. The van der Waals surface area contributed by atoms with Gasteiger partial charge in [-0.15, -0.1) is 13.2 Å². The highest BCUT2D eigenvalue weighted by atomic mass is 19.4. The number of hydrogen-bond donors (Lipinski definition) is 1. The molecule has 1 unspecified atom stereocenters. The second-order valence-electron chi connectivity index (χ2n) is 3.86. The number of hydrogen-bond acceptors (Lipinski definition) is 3. The fraction of sp³-hybridized carbons (Fsp3) is 0.455. The van der Waals surface area contributed by atoms with Crippen molar-refractivity contribution in [3.05, 3.63) is 29.8 Å². The van der Waals surface area contributed by atoms with Crippen LogP contribution in [-0.4, -0.2) is 19.1 Å². The molecule has 0 bridgehead atoms. The van der Waals surface area contributed by atoms with Gasteiger partial charge < -0.3 is 4.74 Å². The lowest BCUT2D eigenvalue weighted by Crippen LogP contribution is -2.26. The van der Waals surface area contributed by atoms with E-state index >= 15 is 0 Å². The summed E-state index contributed by atoms with van der Waals surface area (Å²) < 4.78 is 74.9. The van der Waals surface area contributed by atoms with Crippen molar-refractivity contribution in [2.75, 3.05) is 6.61 Å². The van der Waals surface area contributed by atoms with E-state index in [1.807, 2.05) is 0 Å². The van der Waals surface area contributed by atoms with Gasteiger partial charge >= 0.3 is 12.5 Å². The van der Waals surface area contributed by atoms with Crippen molar-refractivity contribution >= 4 is 0 Å². The van der Waals surface area contributed by atoms with Crippen LogP contribution < -0.4 is 10.2 Å². The molecule has 114 valence electrons. The van der Waals surface area contributed by atoms with Gasteiger partial charge in [-0.25, -0.2) is 0 Å². The van der Waals surface area contributed by atoms with Gasteiger partial charge in [-0.3, -0.25) is 4.84 Å². The normalized spacial score (nSPS) is 14.2. The molecule has 0 heterocycles. The summed E-state index contributed by atoms with van der Waals surface area (Å²) in [6.45, 7) is 0.0304. The molecular weight excluding hydrogens is 292 g/mol. The number of halogens is 6. The molecule has 1 atom stereocenters. The molecule has 0 aliphatic carbocycles. The summed E-state index contributed by atoms with van der Waals surface area (Å²) in [5, 5.41) is 0. The fourth-order valence-corrected chi connectivity index (χ4v) is 1.27. The van der Waals surface area contributed by atoms with Crippen LogP contribution in [0, 0.1) is 0 Å². The first-order chi connectivity index (χ1) is 9.07. The molecular formula is C11H11F6NO2. The molecule has 0 aliphatic heterocycles. The lowest BCUT2D eigenvalue weighted by Gasteiger charge is -2.16. The highest BCUT2D eigenvalue weighted by Crippen LogP contribution is 2.24. The van der Waals surface area contributed by atoms with Crippen molar-refractivity contribution in [2.24, 2.45) is 0 Å². The van der Waals surface area contributed by atoms with E-state index in [-0.39, 0.29) is 0 Å². The highest BCUT2D eigenvalue weighted by Gasteiger charge is 2.31. The zero-order valence-electron chi connectivity index (χ0n) is 10.2. The molecule has 1 aromatic carbocycles. The minimum absolute atomic E-state index is 0.412. The Labute approximate surface area is 110 Å². The second-order valence-corrected chi connectivity index (χ2v) is 3.86. The molecule has 0 spiro atoms. The standard InChI is InChI=1S/C11H11F6NO2/c1-7(18-19-6-10(12,13)14)8-2-4-9(5-3-8)20-11(15,16)17/h2-5,7,18H,6H2,1H3. The first kappa shape index (κ1) is 16.6. The Balaban J connectivity index is 2.51. The highest BCUT2D eigenvalue weighted by molar-refractivity contribution is 5.28. The van der Waals surface area contributed by atoms with Gasteiger partial charge in [-0.1, -0.05) is 12.1 Å². The SMILES string of the molecule is CC(NOCC(F)(F)F)c1ccc(OC(F)(F)F)cc1. The van der Waals surface area contributed by atoms with E-state index in [9.17, 15) is 26.3 Å². The maximum Gasteiger partial charge on any atom is 0.573 e. The third-order valence-electron chi connectivity index (χ3n) is 2.11. The van der Waals surface area contributed by atoms with Crippen LogP contribution in [0.5, 0.6) is 5.75 Å². The molecule has 0 saturated heterocycles.